The largest absolute Gasteiger partial charge is 0.495 e. The zero-order valence-electron chi connectivity index (χ0n) is 12.8. The van der Waals surface area contributed by atoms with E-state index in [0.717, 1.165) is 0 Å². The summed E-state index contributed by atoms with van der Waals surface area (Å²) in [6, 6.07) is 12.3. The lowest BCUT2D eigenvalue weighted by Crippen LogP contribution is -2.14. The van der Waals surface area contributed by atoms with Gasteiger partial charge < -0.3 is 9.47 Å². The van der Waals surface area contributed by atoms with Gasteiger partial charge in [-0.15, -0.1) is 0 Å². The third kappa shape index (κ3) is 4.01. The highest BCUT2D eigenvalue weighted by Gasteiger charge is 2.19. The number of hydrogen-bond donors (Lipinski definition) is 1. The fourth-order valence-electron chi connectivity index (χ4n) is 1.94. The molecule has 0 radical (unpaired) electrons. The van der Waals surface area contributed by atoms with Crippen LogP contribution in [0.25, 0.3) is 0 Å². The molecule has 2 aromatic carbocycles. The van der Waals surface area contributed by atoms with Gasteiger partial charge in [0.2, 0.25) is 0 Å². The molecular formula is C16H17NO5S. The molecule has 0 aliphatic carbocycles. The summed E-state index contributed by atoms with van der Waals surface area (Å²) in [5, 5.41) is 0. The second-order valence-electron chi connectivity index (χ2n) is 4.55. The summed E-state index contributed by atoms with van der Waals surface area (Å²) in [6.45, 7) is 1.99. The average Bonchev–Trinajstić information content (AvgIpc) is 2.55. The molecule has 6 nitrogen and oxygen atoms in total. The maximum absolute atomic E-state index is 12.4. The summed E-state index contributed by atoms with van der Waals surface area (Å²) in [5.74, 6) is -0.199. The summed E-state index contributed by atoms with van der Waals surface area (Å²) in [5.41, 5.74) is 0.691. The fourth-order valence-corrected chi connectivity index (χ4v) is 3.17. The van der Waals surface area contributed by atoms with E-state index in [1.54, 1.807) is 25.1 Å². The number of methoxy groups -OCH3 is 1. The number of hydrogen-bond acceptors (Lipinski definition) is 5. The molecule has 2 aromatic rings. The number of rotatable bonds is 6. The van der Waals surface area contributed by atoms with Crippen LogP contribution in [0, 0.1) is 0 Å². The van der Waals surface area contributed by atoms with Crippen molar-refractivity contribution in [2.75, 3.05) is 18.4 Å². The van der Waals surface area contributed by atoms with E-state index in [4.69, 9.17) is 9.47 Å². The Morgan fingerprint density at radius 3 is 2.35 bits per heavy atom. The molecule has 0 saturated carbocycles. The van der Waals surface area contributed by atoms with Gasteiger partial charge in [0.05, 0.1) is 19.3 Å². The van der Waals surface area contributed by atoms with Gasteiger partial charge in [0, 0.05) is 5.69 Å². The van der Waals surface area contributed by atoms with Crippen LogP contribution in [-0.4, -0.2) is 28.1 Å². The van der Waals surface area contributed by atoms with Gasteiger partial charge in [0.1, 0.15) is 10.6 Å². The van der Waals surface area contributed by atoms with Crippen LogP contribution in [0.15, 0.2) is 53.4 Å². The third-order valence-corrected chi connectivity index (χ3v) is 4.43. The number of carbonyl (C=O) groups is 1. The number of ether oxygens (including phenoxy) is 2. The van der Waals surface area contributed by atoms with Crippen LogP contribution in [0.1, 0.15) is 17.3 Å². The average molecular weight is 335 g/mol. The number of esters is 1. The fraction of sp³-hybridized carbons (Fsp3) is 0.188. The second kappa shape index (κ2) is 7.15. The number of sulfonamides is 1. The summed E-state index contributed by atoms with van der Waals surface area (Å²) in [6.07, 6.45) is 0. The lowest BCUT2D eigenvalue weighted by Gasteiger charge is -2.11. The molecule has 23 heavy (non-hydrogen) atoms. The quantitative estimate of drug-likeness (QED) is 0.821. The molecule has 0 aliphatic rings. The Balaban J connectivity index is 2.22. The summed E-state index contributed by atoms with van der Waals surface area (Å²) >= 11 is 0. The molecule has 0 amide bonds. The molecule has 0 spiro atoms. The molecule has 0 bridgehead atoms. The van der Waals surface area contributed by atoms with Gasteiger partial charge in [0.15, 0.2) is 0 Å². The topological polar surface area (TPSA) is 81.7 Å². The normalized spacial score (nSPS) is 10.9. The molecule has 0 atom stereocenters. The van der Waals surface area contributed by atoms with Crippen molar-refractivity contribution in [2.45, 2.75) is 11.8 Å². The molecule has 0 aromatic heterocycles. The zero-order chi connectivity index (χ0) is 16.9. The van der Waals surface area contributed by atoms with E-state index in [0.29, 0.717) is 11.3 Å². The Labute approximate surface area is 135 Å². The minimum absolute atomic E-state index is 0.0389. The Hall–Kier alpha value is -2.54. The van der Waals surface area contributed by atoms with Crippen molar-refractivity contribution in [3.8, 4) is 5.75 Å². The molecule has 1 N–H and O–H groups in total. The Bertz CT molecular complexity index is 784. The van der Waals surface area contributed by atoms with Crippen LogP contribution in [0.3, 0.4) is 0 Å². The summed E-state index contributed by atoms with van der Waals surface area (Å²) in [4.78, 5) is 11.6. The van der Waals surface area contributed by atoms with Crippen LogP contribution in [0.4, 0.5) is 5.69 Å². The van der Waals surface area contributed by atoms with Gasteiger partial charge in [-0.25, -0.2) is 13.2 Å². The number of carbonyl (C=O) groups excluding carboxylic acids is 1. The molecule has 0 aliphatic heterocycles. The predicted molar refractivity (Wildman–Crippen MR) is 86.2 cm³/mol. The third-order valence-electron chi connectivity index (χ3n) is 3.01. The van der Waals surface area contributed by atoms with Gasteiger partial charge in [-0.3, -0.25) is 4.72 Å². The number of anilines is 1. The van der Waals surface area contributed by atoms with Crippen molar-refractivity contribution >= 4 is 21.7 Å². The SMILES string of the molecule is CCOC(=O)c1ccc(NS(=O)(=O)c2ccccc2OC)cc1. The first-order valence-electron chi connectivity index (χ1n) is 6.91. The molecule has 0 saturated heterocycles. The Morgan fingerprint density at radius 2 is 1.74 bits per heavy atom. The molecule has 0 unspecified atom stereocenters. The predicted octanol–water partition coefficient (Wildman–Crippen LogP) is 2.67. The van der Waals surface area contributed by atoms with Gasteiger partial charge >= 0.3 is 5.97 Å². The van der Waals surface area contributed by atoms with Gasteiger partial charge in [0.25, 0.3) is 10.0 Å². The minimum Gasteiger partial charge on any atom is -0.495 e. The highest BCUT2D eigenvalue weighted by Crippen LogP contribution is 2.25. The lowest BCUT2D eigenvalue weighted by molar-refractivity contribution is 0.0526. The van der Waals surface area contributed by atoms with Gasteiger partial charge in [-0.1, -0.05) is 12.1 Å². The lowest BCUT2D eigenvalue weighted by atomic mass is 10.2. The summed E-state index contributed by atoms with van der Waals surface area (Å²) in [7, 11) is -2.39. The van der Waals surface area contributed by atoms with Gasteiger partial charge in [-0.2, -0.15) is 0 Å². The number of para-hydroxylation sites is 1. The van der Waals surface area contributed by atoms with E-state index in [-0.39, 0.29) is 17.3 Å². The van der Waals surface area contributed by atoms with Crippen LogP contribution >= 0.6 is 0 Å². The smallest absolute Gasteiger partial charge is 0.338 e. The molecule has 2 rings (SSSR count). The van der Waals surface area contributed by atoms with E-state index in [1.807, 2.05) is 0 Å². The van der Waals surface area contributed by atoms with Crippen molar-refractivity contribution in [1.29, 1.82) is 0 Å². The van der Waals surface area contributed by atoms with Crippen LogP contribution < -0.4 is 9.46 Å². The van der Waals surface area contributed by atoms with Crippen molar-refractivity contribution in [3.05, 3.63) is 54.1 Å². The molecule has 0 heterocycles. The van der Waals surface area contributed by atoms with Crippen molar-refractivity contribution in [1.82, 2.24) is 0 Å². The number of nitrogens with one attached hydrogen (secondary N) is 1. The Morgan fingerprint density at radius 1 is 1.09 bits per heavy atom. The Kier molecular flexibility index (Phi) is 5.23. The van der Waals surface area contributed by atoms with Crippen molar-refractivity contribution in [2.24, 2.45) is 0 Å². The molecular weight excluding hydrogens is 318 g/mol. The van der Waals surface area contributed by atoms with Gasteiger partial charge in [-0.05, 0) is 43.3 Å². The summed E-state index contributed by atoms with van der Waals surface area (Å²) < 4.78 is 37.2. The molecule has 0 fully saturated rings. The van der Waals surface area contributed by atoms with E-state index in [9.17, 15) is 13.2 Å². The number of benzene rings is 2. The maximum atomic E-state index is 12.4. The first-order chi connectivity index (χ1) is 11.0. The maximum Gasteiger partial charge on any atom is 0.338 e. The van der Waals surface area contributed by atoms with Crippen LogP contribution in [0.2, 0.25) is 0 Å². The van der Waals surface area contributed by atoms with Crippen LogP contribution in [0.5, 0.6) is 5.75 Å². The van der Waals surface area contributed by atoms with Crippen molar-refractivity contribution < 1.29 is 22.7 Å². The van der Waals surface area contributed by atoms with E-state index < -0.39 is 16.0 Å². The standard InChI is InChI=1S/C16H17NO5S/c1-3-22-16(18)12-8-10-13(11-9-12)17-23(19,20)15-7-5-4-6-14(15)21-2/h4-11,17H,3H2,1-2H3. The highest BCUT2D eigenvalue weighted by molar-refractivity contribution is 7.92. The first kappa shape index (κ1) is 16.8. The minimum atomic E-state index is -3.79. The molecule has 122 valence electrons. The zero-order valence-corrected chi connectivity index (χ0v) is 13.6. The second-order valence-corrected chi connectivity index (χ2v) is 6.21. The first-order valence-corrected chi connectivity index (χ1v) is 8.39. The monoisotopic (exact) mass is 335 g/mol. The van der Waals surface area contributed by atoms with E-state index in [1.165, 1.54) is 37.4 Å². The van der Waals surface area contributed by atoms with E-state index in [2.05, 4.69) is 4.72 Å². The molecule has 7 heteroatoms. The highest BCUT2D eigenvalue weighted by atomic mass is 32.2. The van der Waals surface area contributed by atoms with E-state index >= 15 is 0 Å². The van der Waals surface area contributed by atoms with Crippen LogP contribution in [-0.2, 0) is 14.8 Å². The van der Waals surface area contributed by atoms with Crippen molar-refractivity contribution in [3.63, 3.8) is 0 Å².